The van der Waals surface area contributed by atoms with Crippen LogP contribution in [0.3, 0.4) is 0 Å². The summed E-state index contributed by atoms with van der Waals surface area (Å²) in [7, 11) is 1.16. The van der Waals surface area contributed by atoms with Gasteiger partial charge in [-0.2, -0.15) is 0 Å². The topological polar surface area (TPSA) is 155 Å². The SMILES string of the molecule is CCC1=C2CC[C@H]3C(=O)N(CC(=O)OC)C(=O)[C@H]3[C@H]2[C@@](C)(C(=O)NCc2ccccc2)N(C(=O)NCc2ccccn2)C1=O. The summed E-state index contributed by atoms with van der Waals surface area (Å²) >= 11 is 0. The molecule has 5 rings (SSSR count). The van der Waals surface area contributed by atoms with Crippen molar-refractivity contribution in [1.29, 1.82) is 0 Å². The minimum Gasteiger partial charge on any atom is -0.468 e. The quantitative estimate of drug-likeness (QED) is 0.344. The molecule has 12 heteroatoms. The van der Waals surface area contributed by atoms with Crippen LogP contribution in [-0.2, 0) is 41.8 Å². The van der Waals surface area contributed by atoms with Crippen molar-refractivity contribution >= 4 is 35.6 Å². The Morgan fingerprint density at radius 1 is 1.00 bits per heavy atom. The number of esters is 1. The molecule has 2 aliphatic heterocycles. The first-order chi connectivity index (χ1) is 21.1. The predicted octanol–water partition coefficient (Wildman–Crippen LogP) is 2.10. The number of carbonyl (C=O) groups excluding carboxylic acids is 6. The normalized spacial score (nSPS) is 24.5. The Balaban J connectivity index is 1.59. The number of nitrogens with zero attached hydrogens (tertiary/aromatic N) is 3. The van der Waals surface area contributed by atoms with Crippen molar-refractivity contribution in [2.45, 2.75) is 51.7 Å². The number of carbonyl (C=O) groups is 6. The van der Waals surface area contributed by atoms with Gasteiger partial charge in [0.2, 0.25) is 17.7 Å². The number of rotatable bonds is 8. The van der Waals surface area contributed by atoms with Gasteiger partial charge in [-0.1, -0.05) is 48.9 Å². The summed E-state index contributed by atoms with van der Waals surface area (Å²) in [6.45, 7) is 2.79. The lowest BCUT2D eigenvalue weighted by Gasteiger charge is -2.52. The lowest BCUT2D eigenvalue weighted by Crippen LogP contribution is -2.71. The third kappa shape index (κ3) is 5.24. The Hall–Kier alpha value is -4.87. The van der Waals surface area contributed by atoms with Gasteiger partial charge in [0.1, 0.15) is 12.1 Å². The molecule has 1 aromatic heterocycles. The van der Waals surface area contributed by atoms with Crippen molar-refractivity contribution in [2.75, 3.05) is 13.7 Å². The number of aromatic nitrogens is 1. The maximum Gasteiger partial charge on any atom is 0.325 e. The highest BCUT2D eigenvalue weighted by Gasteiger charge is 2.65. The van der Waals surface area contributed by atoms with E-state index in [0.29, 0.717) is 16.8 Å². The molecule has 230 valence electrons. The van der Waals surface area contributed by atoms with Crippen molar-refractivity contribution in [3.05, 3.63) is 77.1 Å². The van der Waals surface area contributed by atoms with Crippen LogP contribution in [0.1, 0.15) is 44.4 Å². The zero-order valence-corrected chi connectivity index (χ0v) is 24.9. The standard InChI is InChI=1S/C32H35N5O7/c1-4-21-22-13-14-23-25(29(41)36(27(23)39)18-24(38)44-3)26(22)32(2,30(42)34-16-19-10-6-5-7-11-19)37(28(21)40)31(43)35-17-20-12-8-9-15-33-20/h5-12,15,23,25-26H,4,13-14,16-18H2,1-3H3,(H,34,42)(H,35,43)/t23-,25-,26+,32+/m1/s1. The summed E-state index contributed by atoms with van der Waals surface area (Å²) < 4.78 is 4.71. The lowest BCUT2D eigenvalue weighted by atomic mass is 9.59. The maximum absolute atomic E-state index is 14.4. The number of hydrogen-bond donors (Lipinski definition) is 2. The Morgan fingerprint density at radius 2 is 1.73 bits per heavy atom. The first-order valence-electron chi connectivity index (χ1n) is 14.6. The van der Waals surface area contributed by atoms with Crippen LogP contribution >= 0.6 is 0 Å². The van der Waals surface area contributed by atoms with Crippen molar-refractivity contribution in [2.24, 2.45) is 17.8 Å². The minimum atomic E-state index is -1.89. The molecular formula is C32H35N5O7. The van der Waals surface area contributed by atoms with E-state index in [1.54, 1.807) is 31.3 Å². The van der Waals surface area contributed by atoms with Gasteiger partial charge >= 0.3 is 12.0 Å². The van der Waals surface area contributed by atoms with Crippen LogP contribution in [0.4, 0.5) is 4.79 Å². The number of pyridine rings is 1. The molecule has 12 nitrogen and oxygen atoms in total. The smallest absolute Gasteiger partial charge is 0.325 e. The number of benzene rings is 1. The average molecular weight is 602 g/mol. The third-order valence-corrected chi connectivity index (χ3v) is 8.92. The summed E-state index contributed by atoms with van der Waals surface area (Å²) in [5.74, 6) is -6.08. The van der Waals surface area contributed by atoms with Crippen LogP contribution in [-0.4, -0.2) is 69.6 Å². The van der Waals surface area contributed by atoms with Crippen LogP contribution in [0.25, 0.3) is 0 Å². The zero-order chi connectivity index (χ0) is 31.6. The molecule has 6 amide bonds. The van der Waals surface area contributed by atoms with Crippen molar-refractivity contribution < 1.29 is 33.5 Å². The van der Waals surface area contributed by atoms with Gasteiger partial charge in [0.25, 0.3) is 5.91 Å². The van der Waals surface area contributed by atoms with E-state index in [1.807, 2.05) is 30.3 Å². The first kappa shape index (κ1) is 30.6. The number of methoxy groups -OCH3 is 1. The van der Waals surface area contributed by atoms with Gasteiger partial charge in [0, 0.05) is 24.2 Å². The molecule has 0 radical (unpaired) electrons. The maximum atomic E-state index is 14.4. The number of likely N-dealkylation sites (tertiary alicyclic amines) is 1. The van der Waals surface area contributed by atoms with E-state index in [1.165, 1.54) is 6.92 Å². The molecule has 0 bridgehead atoms. The van der Waals surface area contributed by atoms with Crippen molar-refractivity contribution in [1.82, 2.24) is 25.4 Å². The third-order valence-electron chi connectivity index (χ3n) is 8.92. The van der Waals surface area contributed by atoms with Gasteiger partial charge in [-0.3, -0.25) is 33.9 Å². The second kappa shape index (κ2) is 12.4. The molecular weight excluding hydrogens is 566 g/mol. The fourth-order valence-corrected chi connectivity index (χ4v) is 6.80. The molecule has 0 spiro atoms. The van der Waals surface area contributed by atoms with E-state index in [-0.39, 0.29) is 32.4 Å². The van der Waals surface area contributed by atoms with Gasteiger partial charge in [-0.15, -0.1) is 0 Å². The monoisotopic (exact) mass is 601 g/mol. The van der Waals surface area contributed by atoms with E-state index in [0.717, 1.165) is 22.5 Å². The van der Waals surface area contributed by atoms with Crippen LogP contribution in [0, 0.1) is 17.8 Å². The summed E-state index contributed by atoms with van der Waals surface area (Å²) in [5.41, 5.74) is 0.363. The van der Waals surface area contributed by atoms with E-state index in [4.69, 9.17) is 4.74 Å². The molecule has 4 atom stereocenters. The van der Waals surface area contributed by atoms with Crippen LogP contribution in [0.5, 0.6) is 0 Å². The number of amides is 6. The molecule has 1 aliphatic carbocycles. The first-order valence-corrected chi connectivity index (χ1v) is 14.6. The number of fused-ring (bicyclic) bond motifs is 3. The Morgan fingerprint density at radius 3 is 2.39 bits per heavy atom. The second-order valence-electron chi connectivity index (χ2n) is 11.3. The molecule has 2 N–H and O–H groups in total. The molecule has 1 saturated heterocycles. The van der Waals surface area contributed by atoms with Gasteiger partial charge < -0.3 is 15.4 Å². The highest BCUT2D eigenvalue weighted by molar-refractivity contribution is 6.13. The average Bonchev–Trinajstić information content (AvgIpc) is 3.27. The summed E-state index contributed by atoms with van der Waals surface area (Å²) in [6, 6.07) is 13.5. The fourth-order valence-electron chi connectivity index (χ4n) is 6.80. The van der Waals surface area contributed by atoms with E-state index in [9.17, 15) is 28.8 Å². The summed E-state index contributed by atoms with van der Waals surface area (Å²) in [5, 5.41) is 5.60. The zero-order valence-electron chi connectivity index (χ0n) is 24.9. The highest BCUT2D eigenvalue weighted by atomic mass is 16.5. The van der Waals surface area contributed by atoms with E-state index in [2.05, 4.69) is 15.6 Å². The van der Waals surface area contributed by atoms with Gasteiger partial charge in [0.15, 0.2) is 0 Å². The van der Waals surface area contributed by atoms with Crippen molar-refractivity contribution in [3.8, 4) is 0 Å². The molecule has 1 saturated carbocycles. The van der Waals surface area contributed by atoms with Gasteiger partial charge in [0.05, 0.1) is 31.2 Å². The summed E-state index contributed by atoms with van der Waals surface area (Å²) in [4.78, 5) is 88.0. The largest absolute Gasteiger partial charge is 0.468 e. The minimum absolute atomic E-state index is 0.00968. The number of ether oxygens (including phenoxy) is 1. The number of urea groups is 1. The number of imide groups is 2. The van der Waals surface area contributed by atoms with Crippen molar-refractivity contribution in [3.63, 3.8) is 0 Å². The van der Waals surface area contributed by atoms with Gasteiger partial charge in [-0.25, -0.2) is 9.69 Å². The highest BCUT2D eigenvalue weighted by Crippen LogP contribution is 2.54. The van der Waals surface area contributed by atoms with Crippen LogP contribution in [0.2, 0.25) is 0 Å². The van der Waals surface area contributed by atoms with Gasteiger partial charge in [-0.05, 0) is 43.9 Å². The molecule has 0 unspecified atom stereocenters. The Kier molecular flexibility index (Phi) is 8.61. The Labute approximate surface area is 254 Å². The Bertz CT molecular complexity index is 1530. The number of hydrogen-bond acceptors (Lipinski definition) is 8. The molecule has 44 heavy (non-hydrogen) atoms. The second-order valence-corrected chi connectivity index (χ2v) is 11.3. The molecule has 2 fully saturated rings. The molecule has 2 aromatic rings. The molecule has 3 aliphatic rings. The van der Waals surface area contributed by atoms with E-state index >= 15 is 0 Å². The van der Waals surface area contributed by atoms with E-state index < -0.39 is 65.5 Å². The molecule has 3 heterocycles. The van der Waals surface area contributed by atoms with Crippen LogP contribution < -0.4 is 10.6 Å². The predicted molar refractivity (Wildman–Crippen MR) is 156 cm³/mol. The summed E-state index contributed by atoms with van der Waals surface area (Å²) in [6.07, 6.45) is 2.38. The fraction of sp³-hybridized carbons (Fsp3) is 0.406. The lowest BCUT2D eigenvalue weighted by molar-refractivity contribution is -0.152. The van der Waals surface area contributed by atoms with Crippen LogP contribution in [0.15, 0.2) is 65.9 Å². The molecule has 1 aromatic carbocycles. The number of nitrogens with one attached hydrogen (secondary N) is 2.